The first kappa shape index (κ1) is 22.3. The Kier molecular flexibility index (Phi) is 6.50. The van der Waals surface area contributed by atoms with Gasteiger partial charge in [-0.15, -0.1) is 0 Å². The summed E-state index contributed by atoms with van der Waals surface area (Å²) in [5.41, 5.74) is 1.14. The van der Waals surface area contributed by atoms with Crippen molar-refractivity contribution in [3.8, 4) is 5.75 Å². The van der Waals surface area contributed by atoms with Crippen LogP contribution >= 0.6 is 45.8 Å². The number of benzene rings is 3. The van der Waals surface area contributed by atoms with E-state index in [4.69, 9.17) is 27.9 Å². The molecule has 0 spiro atoms. The van der Waals surface area contributed by atoms with Gasteiger partial charge in [0, 0.05) is 9.26 Å². The highest BCUT2D eigenvalue weighted by atomic mass is 127. The van der Waals surface area contributed by atoms with Crippen LogP contribution in [-0.2, 0) is 9.59 Å². The van der Waals surface area contributed by atoms with E-state index in [2.05, 4.69) is 27.9 Å². The van der Waals surface area contributed by atoms with E-state index in [0.717, 1.165) is 8.47 Å². The van der Waals surface area contributed by atoms with Gasteiger partial charge in [-0.2, -0.15) is 0 Å². The van der Waals surface area contributed by atoms with Crippen molar-refractivity contribution < 1.29 is 19.1 Å². The summed E-state index contributed by atoms with van der Waals surface area (Å²) in [4.78, 5) is 38.8. The van der Waals surface area contributed by atoms with Gasteiger partial charge in [0.1, 0.15) is 16.5 Å². The van der Waals surface area contributed by atoms with E-state index in [1.807, 2.05) is 0 Å². The molecular formula is C23H13Cl2IN2O4. The molecule has 4 rings (SSSR count). The second-order valence-corrected chi connectivity index (χ2v) is 8.66. The number of imide groups is 1. The Hall–Kier alpha value is -2.88. The normalized spacial score (nSPS) is 13.5. The number of hydrogen-bond acceptors (Lipinski definition) is 5. The number of anilines is 2. The zero-order valence-electron chi connectivity index (χ0n) is 16.1. The first-order chi connectivity index (χ1) is 15.3. The third-order valence-corrected chi connectivity index (χ3v) is 5.92. The van der Waals surface area contributed by atoms with Crippen LogP contribution in [0.5, 0.6) is 5.75 Å². The van der Waals surface area contributed by atoms with Crippen LogP contribution in [-0.4, -0.2) is 17.8 Å². The van der Waals surface area contributed by atoms with Gasteiger partial charge in [0.25, 0.3) is 11.8 Å². The average Bonchev–Trinajstić information content (AvgIpc) is 3.00. The summed E-state index contributed by atoms with van der Waals surface area (Å²) in [5, 5.41) is 2.98. The van der Waals surface area contributed by atoms with E-state index < -0.39 is 17.8 Å². The maximum absolute atomic E-state index is 12.8. The molecule has 9 heteroatoms. The Bertz CT molecular complexity index is 1260. The number of hydrogen-bond donors (Lipinski definition) is 1. The van der Waals surface area contributed by atoms with Gasteiger partial charge in [0.2, 0.25) is 0 Å². The number of amides is 2. The molecule has 0 bridgehead atoms. The summed E-state index contributed by atoms with van der Waals surface area (Å²) in [6.07, 6.45) is 0. The number of para-hydroxylation sites is 1. The van der Waals surface area contributed by atoms with E-state index in [-0.39, 0.29) is 22.0 Å². The zero-order chi connectivity index (χ0) is 22.8. The van der Waals surface area contributed by atoms with Crippen molar-refractivity contribution in [3.05, 3.63) is 97.7 Å². The van der Waals surface area contributed by atoms with Crippen LogP contribution in [0.4, 0.5) is 11.4 Å². The van der Waals surface area contributed by atoms with Gasteiger partial charge in [-0.1, -0.05) is 35.3 Å². The predicted molar refractivity (Wildman–Crippen MR) is 131 cm³/mol. The van der Waals surface area contributed by atoms with Crippen molar-refractivity contribution in [1.82, 2.24) is 0 Å². The number of rotatable bonds is 5. The Morgan fingerprint density at radius 2 is 1.53 bits per heavy atom. The molecular weight excluding hydrogens is 566 g/mol. The van der Waals surface area contributed by atoms with Crippen molar-refractivity contribution in [2.45, 2.75) is 0 Å². The molecule has 1 aliphatic heterocycles. The molecule has 160 valence electrons. The van der Waals surface area contributed by atoms with Gasteiger partial charge in [0.05, 0.1) is 16.3 Å². The van der Waals surface area contributed by atoms with Crippen LogP contribution in [0.25, 0.3) is 0 Å². The monoisotopic (exact) mass is 578 g/mol. The molecule has 0 aromatic heterocycles. The minimum absolute atomic E-state index is 0.0402. The molecule has 1 aliphatic rings. The highest BCUT2D eigenvalue weighted by Gasteiger charge is 2.38. The van der Waals surface area contributed by atoms with Crippen molar-refractivity contribution in [2.75, 3.05) is 10.2 Å². The van der Waals surface area contributed by atoms with E-state index in [9.17, 15) is 14.4 Å². The molecule has 1 heterocycles. The number of carbonyl (C=O) groups is 3. The molecule has 2 amide bonds. The third kappa shape index (κ3) is 4.50. The summed E-state index contributed by atoms with van der Waals surface area (Å²) in [7, 11) is 0. The maximum Gasteiger partial charge on any atom is 0.343 e. The van der Waals surface area contributed by atoms with Gasteiger partial charge >= 0.3 is 5.97 Å². The van der Waals surface area contributed by atoms with Crippen molar-refractivity contribution in [2.24, 2.45) is 0 Å². The van der Waals surface area contributed by atoms with Crippen molar-refractivity contribution in [3.63, 3.8) is 0 Å². The summed E-state index contributed by atoms with van der Waals surface area (Å²) in [6.45, 7) is 0. The van der Waals surface area contributed by atoms with Gasteiger partial charge in [-0.05, 0) is 83.3 Å². The summed E-state index contributed by atoms with van der Waals surface area (Å²) < 4.78 is 6.26. The molecule has 0 saturated heterocycles. The quantitative estimate of drug-likeness (QED) is 0.185. The fourth-order valence-electron chi connectivity index (χ4n) is 2.96. The topological polar surface area (TPSA) is 75.7 Å². The van der Waals surface area contributed by atoms with E-state index in [0.29, 0.717) is 16.4 Å². The van der Waals surface area contributed by atoms with Crippen LogP contribution in [0, 0.1) is 3.57 Å². The second kappa shape index (κ2) is 9.32. The number of nitrogens with one attached hydrogen (secondary N) is 1. The largest absolute Gasteiger partial charge is 0.421 e. The van der Waals surface area contributed by atoms with Crippen molar-refractivity contribution >= 4 is 75.0 Å². The number of halogens is 3. The standard InChI is InChI=1S/C23H13Cl2IN2O4/c24-17-3-1-2-4-18(17)32-23(31)13-5-9-15(10-6-13)27-20-19(25)21(29)28(22(20)30)16-11-7-14(26)8-12-16/h1-12,27H. The fourth-order valence-corrected chi connectivity index (χ4v) is 3.70. The number of esters is 1. The SMILES string of the molecule is O=C(Oc1ccccc1Cl)c1ccc(NC2=C(Cl)C(=O)N(c3ccc(I)cc3)C2=O)cc1. The lowest BCUT2D eigenvalue weighted by Gasteiger charge is -2.15. The van der Waals surface area contributed by atoms with E-state index in [1.54, 1.807) is 60.7 Å². The molecule has 0 saturated carbocycles. The Morgan fingerprint density at radius 1 is 0.875 bits per heavy atom. The van der Waals surface area contributed by atoms with Crippen LogP contribution < -0.4 is 15.0 Å². The predicted octanol–water partition coefficient (Wildman–Crippen LogP) is 5.60. The maximum atomic E-state index is 12.8. The molecule has 0 unspecified atom stereocenters. The smallest absolute Gasteiger partial charge is 0.343 e. The van der Waals surface area contributed by atoms with E-state index >= 15 is 0 Å². The Morgan fingerprint density at radius 3 is 2.19 bits per heavy atom. The fraction of sp³-hybridized carbons (Fsp3) is 0. The lowest BCUT2D eigenvalue weighted by Crippen LogP contribution is -2.32. The molecule has 0 radical (unpaired) electrons. The highest BCUT2D eigenvalue weighted by Crippen LogP contribution is 2.30. The first-order valence-corrected chi connectivity index (χ1v) is 11.1. The minimum atomic E-state index is -0.611. The zero-order valence-corrected chi connectivity index (χ0v) is 19.8. The van der Waals surface area contributed by atoms with Crippen LogP contribution in [0.15, 0.2) is 83.5 Å². The van der Waals surface area contributed by atoms with Crippen LogP contribution in [0.1, 0.15) is 10.4 Å². The lowest BCUT2D eigenvalue weighted by molar-refractivity contribution is -0.120. The molecule has 0 fully saturated rings. The Balaban J connectivity index is 1.49. The first-order valence-electron chi connectivity index (χ1n) is 9.23. The molecule has 1 N–H and O–H groups in total. The molecule has 3 aromatic rings. The number of ether oxygens (including phenoxy) is 1. The van der Waals surface area contributed by atoms with Gasteiger partial charge in [-0.25, -0.2) is 9.69 Å². The van der Waals surface area contributed by atoms with Crippen LogP contribution in [0.3, 0.4) is 0 Å². The molecule has 3 aromatic carbocycles. The third-order valence-electron chi connectivity index (χ3n) is 4.54. The van der Waals surface area contributed by atoms with Crippen molar-refractivity contribution in [1.29, 1.82) is 0 Å². The molecule has 6 nitrogen and oxygen atoms in total. The van der Waals surface area contributed by atoms with E-state index in [1.165, 1.54) is 12.1 Å². The summed E-state index contributed by atoms with van der Waals surface area (Å²) >= 11 is 14.3. The Labute approximate surface area is 206 Å². The summed E-state index contributed by atoms with van der Waals surface area (Å²) in [6, 6.07) is 19.8. The lowest BCUT2D eigenvalue weighted by atomic mass is 10.2. The average molecular weight is 579 g/mol. The minimum Gasteiger partial charge on any atom is -0.421 e. The van der Waals surface area contributed by atoms with Gasteiger partial charge < -0.3 is 10.1 Å². The molecule has 0 atom stereocenters. The molecule has 32 heavy (non-hydrogen) atoms. The van der Waals surface area contributed by atoms with Gasteiger partial charge in [0.15, 0.2) is 0 Å². The summed E-state index contributed by atoms with van der Waals surface area (Å²) in [5.74, 6) is -1.51. The second-order valence-electron chi connectivity index (χ2n) is 6.63. The molecule has 0 aliphatic carbocycles. The number of nitrogens with zero attached hydrogens (tertiary/aromatic N) is 1. The van der Waals surface area contributed by atoms with Crippen LogP contribution in [0.2, 0.25) is 5.02 Å². The van der Waals surface area contributed by atoms with Gasteiger partial charge in [-0.3, -0.25) is 9.59 Å². The highest BCUT2D eigenvalue weighted by molar-refractivity contribution is 14.1. The number of carbonyl (C=O) groups excluding carboxylic acids is 3.